The standard InChI is InChI=1S/C14H19NO4S2/c16-14(17)12-7-11-5-6-15(8-13(11)20-12)21(18,19)9-10-3-1-2-4-10/h7,10H,1-6,8-9H2,(H,16,17). The SMILES string of the molecule is O=C(O)c1cc2c(s1)CN(S(=O)(=O)CC1CCCC1)CC2. The van der Waals surface area contributed by atoms with E-state index in [0.717, 1.165) is 36.1 Å². The molecule has 0 saturated heterocycles. The fraction of sp³-hybridized carbons (Fsp3) is 0.643. The smallest absolute Gasteiger partial charge is 0.345 e. The van der Waals surface area contributed by atoms with E-state index in [9.17, 15) is 13.2 Å². The molecule has 3 rings (SSSR count). The molecule has 1 aliphatic heterocycles. The van der Waals surface area contributed by atoms with E-state index >= 15 is 0 Å². The van der Waals surface area contributed by atoms with Gasteiger partial charge in [0.25, 0.3) is 0 Å². The van der Waals surface area contributed by atoms with E-state index in [1.807, 2.05) is 0 Å². The van der Waals surface area contributed by atoms with Gasteiger partial charge in [-0.2, -0.15) is 4.31 Å². The first-order chi connectivity index (χ1) is 9.95. The van der Waals surface area contributed by atoms with Crippen LogP contribution in [0.4, 0.5) is 0 Å². The van der Waals surface area contributed by atoms with Gasteiger partial charge in [-0.15, -0.1) is 11.3 Å². The lowest BCUT2D eigenvalue weighted by atomic mass is 10.1. The first-order valence-electron chi connectivity index (χ1n) is 7.28. The van der Waals surface area contributed by atoms with Gasteiger partial charge in [0.1, 0.15) is 4.88 Å². The fourth-order valence-electron chi connectivity index (χ4n) is 3.22. The van der Waals surface area contributed by atoms with Crippen LogP contribution in [0.2, 0.25) is 0 Å². The maximum absolute atomic E-state index is 12.5. The van der Waals surface area contributed by atoms with Crippen molar-refractivity contribution in [2.75, 3.05) is 12.3 Å². The summed E-state index contributed by atoms with van der Waals surface area (Å²) in [5.41, 5.74) is 0.990. The lowest BCUT2D eigenvalue weighted by Gasteiger charge is -2.27. The Labute approximate surface area is 128 Å². The predicted octanol–water partition coefficient (Wildman–Crippen LogP) is 2.32. The average Bonchev–Trinajstić information content (AvgIpc) is 3.05. The van der Waals surface area contributed by atoms with Crippen molar-refractivity contribution >= 4 is 27.3 Å². The van der Waals surface area contributed by atoms with E-state index in [4.69, 9.17) is 5.11 Å². The monoisotopic (exact) mass is 329 g/mol. The summed E-state index contributed by atoms with van der Waals surface area (Å²) < 4.78 is 26.6. The Morgan fingerprint density at radius 3 is 2.76 bits per heavy atom. The minimum atomic E-state index is -3.23. The molecular formula is C14H19NO4S2. The average molecular weight is 329 g/mol. The maximum atomic E-state index is 12.5. The molecule has 1 N–H and O–H groups in total. The van der Waals surface area contributed by atoms with Gasteiger partial charge in [-0.05, 0) is 36.8 Å². The van der Waals surface area contributed by atoms with E-state index in [2.05, 4.69) is 0 Å². The lowest BCUT2D eigenvalue weighted by molar-refractivity contribution is 0.0702. The van der Waals surface area contributed by atoms with Crippen molar-refractivity contribution in [1.29, 1.82) is 0 Å². The number of sulfonamides is 1. The quantitative estimate of drug-likeness (QED) is 0.920. The van der Waals surface area contributed by atoms with E-state index in [1.54, 1.807) is 6.07 Å². The summed E-state index contributed by atoms with van der Waals surface area (Å²) in [7, 11) is -3.23. The van der Waals surface area contributed by atoms with E-state index in [0.29, 0.717) is 30.3 Å². The molecule has 7 heteroatoms. The molecular weight excluding hydrogens is 310 g/mol. The van der Waals surface area contributed by atoms with Gasteiger partial charge in [0.05, 0.1) is 5.75 Å². The highest BCUT2D eigenvalue weighted by molar-refractivity contribution is 7.89. The van der Waals surface area contributed by atoms with Crippen LogP contribution in [0.5, 0.6) is 0 Å². The molecule has 2 aliphatic rings. The Morgan fingerprint density at radius 1 is 1.38 bits per heavy atom. The number of carbonyl (C=O) groups is 1. The molecule has 2 heterocycles. The number of thiophene rings is 1. The molecule has 0 radical (unpaired) electrons. The minimum absolute atomic E-state index is 0.250. The maximum Gasteiger partial charge on any atom is 0.345 e. The second kappa shape index (κ2) is 5.70. The largest absolute Gasteiger partial charge is 0.477 e. The highest BCUT2D eigenvalue weighted by Gasteiger charge is 2.31. The zero-order valence-electron chi connectivity index (χ0n) is 11.7. The van der Waals surface area contributed by atoms with Crippen LogP contribution in [0, 0.1) is 5.92 Å². The summed E-state index contributed by atoms with van der Waals surface area (Å²) in [6.45, 7) is 0.806. The summed E-state index contributed by atoms with van der Waals surface area (Å²) in [5, 5.41) is 9.03. The highest BCUT2D eigenvalue weighted by Crippen LogP contribution is 2.32. The number of carboxylic acids is 1. The summed E-state index contributed by atoms with van der Waals surface area (Å²) >= 11 is 1.20. The molecule has 0 atom stereocenters. The van der Waals surface area contributed by atoms with Crippen LogP contribution in [0.1, 0.15) is 45.8 Å². The molecule has 5 nitrogen and oxygen atoms in total. The van der Waals surface area contributed by atoms with Crippen LogP contribution < -0.4 is 0 Å². The molecule has 0 bridgehead atoms. The molecule has 0 unspecified atom stereocenters. The summed E-state index contributed by atoms with van der Waals surface area (Å²) in [6.07, 6.45) is 4.92. The highest BCUT2D eigenvalue weighted by atomic mass is 32.2. The van der Waals surface area contributed by atoms with Gasteiger partial charge in [0.2, 0.25) is 10.0 Å². The van der Waals surface area contributed by atoms with Gasteiger partial charge in [0, 0.05) is 18.0 Å². The first-order valence-corrected chi connectivity index (χ1v) is 9.71. The number of nitrogens with zero attached hydrogens (tertiary/aromatic N) is 1. The number of aromatic carboxylic acids is 1. The summed E-state index contributed by atoms with van der Waals surface area (Å²) in [5.74, 6) is -0.386. The van der Waals surface area contributed by atoms with Crippen LogP contribution in [0.25, 0.3) is 0 Å². The van der Waals surface area contributed by atoms with E-state index in [1.165, 1.54) is 15.6 Å². The Hall–Kier alpha value is -0.920. The topological polar surface area (TPSA) is 74.7 Å². The van der Waals surface area contributed by atoms with E-state index in [-0.39, 0.29) is 5.75 Å². The normalized spacial score (nSPS) is 20.6. The van der Waals surface area contributed by atoms with Crippen LogP contribution in [0.15, 0.2) is 6.07 Å². The lowest BCUT2D eigenvalue weighted by Crippen LogP contribution is -2.38. The Morgan fingerprint density at radius 2 is 2.10 bits per heavy atom. The fourth-order valence-corrected chi connectivity index (χ4v) is 6.20. The molecule has 116 valence electrons. The molecule has 1 saturated carbocycles. The van der Waals surface area contributed by atoms with Gasteiger partial charge in [-0.3, -0.25) is 0 Å². The number of fused-ring (bicyclic) bond motifs is 1. The number of carboxylic acid groups (broad SMARTS) is 1. The van der Waals surface area contributed by atoms with Crippen LogP contribution in [0.3, 0.4) is 0 Å². The third-order valence-electron chi connectivity index (χ3n) is 4.37. The number of rotatable bonds is 4. The zero-order chi connectivity index (χ0) is 15.0. The van der Waals surface area contributed by atoms with Crippen molar-refractivity contribution in [3.05, 3.63) is 21.4 Å². The third-order valence-corrected chi connectivity index (χ3v) is 7.51. The summed E-state index contributed by atoms with van der Waals surface area (Å²) in [4.78, 5) is 12.2. The molecule has 0 amide bonds. The van der Waals surface area contributed by atoms with Crippen molar-refractivity contribution in [2.24, 2.45) is 5.92 Å². The zero-order valence-corrected chi connectivity index (χ0v) is 13.4. The number of hydrogen-bond donors (Lipinski definition) is 1. The van der Waals surface area contributed by atoms with Crippen LogP contribution in [-0.4, -0.2) is 36.1 Å². The molecule has 0 spiro atoms. The van der Waals surface area contributed by atoms with Crippen molar-refractivity contribution in [2.45, 2.75) is 38.6 Å². The summed E-state index contributed by atoms with van der Waals surface area (Å²) in [6, 6.07) is 1.68. The van der Waals surface area contributed by atoms with E-state index < -0.39 is 16.0 Å². The predicted molar refractivity (Wildman–Crippen MR) is 81.1 cm³/mol. The molecule has 1 aromatic heterocycles. The van der Waals surface area contributed by atoms with Crippen LogP contribution in [-0.2, 0) is 23.0 Å². The molecule has 0 aromatic carbocycles. The molecule has 21 heavy (non-hydrogen) atoms. The third kappa shape index (κ3) is 3.14. The van der Waals surface area contributed by atoms with Gasteiger partial charge in [0.15, 0.2) is 0 Å². The Kier molecular flexibility index (Phi) is 4.07. The molecule has 1 aliphatic carbocycles. The number of hydrogen-bond acceptors (Lipinski definition) is 4. The second-order valence-electron chi connectivity index (χ2n) is 5.88. The van der Waals surface area contributed by atoms with Crippen molar-refractivity contribution in [3.63, 3.8) is 0 Å². The molecule has 1 aromatic rings. The Balaban J connectivity index is 1.74. The Bertz CT molecular complexity index is 644. The van der Waals surface area contributed by atoms with Gasteiger partial charge >= 0.3 is 5.97 Å². The first kappa shape index (κ1) is 15.0. The van der Waals surface area contributed by atoms with Gasteiger partial charge in [-0.25, -0.2) is 13.2 Å². The van der Waals surface area contributed by atoms with Crippen molar-refractivity contribution in [1.82, 2.24) is 4.31 Å². The molecule has 1 fully saturated rings. The minimum Gasteiger partial charge on any atom is -0.477 e. The van der Waals surface area contributed by atoms with Crippen molar-refractivity contribution in [3.8, 4) is 0 Å². The van der Waals surface area contributed by atoms with Gasteiger partial charge < -0.3 is 5.11 Å². The second-order valence-corrected chi connectivity index (χ2v) is 9.03. The van der Waals surface area contributed by atoms with Crippen LogP contribution >= 0.6 is 11.3 Å². The van der Waals surface area contributed by atoms with Crippen molar-refractivity contribution < 1.29 is 18.3 Å². The van der Waals surface area contributed by atoms with Gasteiger partial charge in [-0.1, -0.05) is 12.8 Å².